The summed E-state index contributed by atoms with van der Waals surface area (Å²) in [5, 5.41) is 12.0. The minimum atomic E-state index is -0.500. The third kappa shape index (κ3) is 1.97. The number of aromatic nitrogens is 4. The van der Waals surface area contributed by atoms with Gasteiger partial charge in [-0.25, -0.2) is 15.0 Å². The van der Waals surface area contributed by atoms with Gasteiger partial charge in [0, 0.05) is 25.2 Å². The number of nitro groups is 1. The Hall–Kier alpha value is -2.29. The summed E-state index contributed by atoms with van der Waals surface area (Å²) in [6, 6.07) is 0. The molecule has 0 radical (unpaired) electrons. The first-order valence-electron chi connectivity index (χ1n) is 5.37. The maximum absolute atomic E-state index is 10.9. The molecule has 0 amide bonds. The Balaban J connectivity index is 2.01. The van der Waals surface area contributed by atoms with Crippen LogP contribution in [0.15, 0.2) is 27.7 Å². The fourth-order valence-electron chi connectivity index (χ4n) is 1.73. The van der Waals surface area contributed by atoms with Crippen LogP contribution < -0.4 is 0 Å². The Kier molecular flexibility index (Phi) is 2.75. The molecule has 0 saturated heterocycles. The molecule has 19 heavy (non-hydrogen) atoms. The van der Waals surface area contributed by atoms with Crippen molar-refractivity contribution in [3.05, 3.63) is 28.3 Å². The van der Waals surface area contributed by atoms with Crippen LogP contribution >= 0.6 is 11.8 Å². The van der Waals surface area contributed by atoms with E-state index in [0.717, 1.165) is 5.56 Å². The first-order valence-corrected chi connectivity index (χ1v) is 6.18. The molecule has 0 aromatic carbocycles. The fraction of sp³-hybridized carbons (Fsp3) is 0.200. The van der Waals surface area contributed by atoms with Crippen molar-refractivity contribution < 1.29 is 4.92 Å². The molecule has 2 aromatic heterocycles. The predicted octanol–water partition coefficient (Wildman–Crippen LogP) is 1.53. The number of rotatable bonds is 3. The molecule has 0 fully saturated rings. The van der Waals surface area contributed by atoms with Crippen molar-refractivity contribution in [3.8, 4) is 0 Å². The number of hydrogen-bond acceptors (Lipinski definition) is 7. The SMILES string of the molecule is Cn1cnc([N+](=O)[O-])c1Sc1ncnc2c1CC=N2. The second-order valence-corrected chi connectivity index (χ2v) is 4.82. The summed E-state index contributed by atoms with van der Waals surface area (Å²) >= 11 is 1.21. The molecule has 3 heterocycles. The van der Waals surface area contributed by atoms with Gasteiger partial charge in [0.15, 0.2) is 10.8 Å². The fourth-order valence-corrected chi connectivity index (χ4v) is 2.72. The van der Waals surface area contributed by atoms with Gasteiger partial charge in [0.2, 0.25) is 6.33 Å². The molecule has 0 bridgehead atoms. The largest absolute Gasteiger partial charge is 0.396 e. The van der Waals surface area contributed by atoms with Crippen molar-refractivity contribution in [2.24, 2.45) is 12.0 Å². The van der Waals surface area contributed by atoms with Crippen LogP contribution in [0.3, 0.4) is 0 Å². The number of imidazole rings is 1. The highest BCUT2D eigenvalue weighted by Gasteiger charge is 2.24. The predicted molar refractivity (Wildman–Crippen MR) is 67.9 cm³/mol. The molecule has 0 aliphatic carbocycles. The summed E-state index contributed by atoms with van der Waals surface area (Å²) in [7, 11) is 1.71. The van der Waals surface area contributed by atoms with Crippen LogP contribution in [0, 0.1) is 10.1 Å². The number of nitrogens with zero attached hydrogens (tertiary/aromatic N) is 6. The number of hydrogen-bond donors (Lipinski definition) is 0. The second-order valence-electron chi connectivity index (χ2n) is 3.84. The van der Waals surface area contributed by atoms with Crippen LogP contribution in [0.4, 0.5) is 11.6 Å². The lowest BCUT2D eigenvalue weighted by atomic mass is 10.3. The first-order chi connectivity index (χ1) is 9.16. The maximum atomic E-state index is 10.9. The Morgan fingerprint density at radius 1 is 1.42 bits per heavy atom. The summed E-state index contributed by atoms with van der Waals surface area (Å²) in [6.45, 7) is 0. The standard InChI is InChI=1S/C10H8N6O2S/c1-15-5-14-8(16(17)18)10(15)19-9-6-2-3-11-7(6)12-4-13-9/h3-5H,2H2,1H3. The maximum Gasteiger partial charge on any atom is 0.396 e. The van der Waals surface area contributed by atoms with Gasteiger partial charge in [-0.05, 0) is 21.7 Å². The van der Waals surface area contributed by atoms with Gasteiger partial charge >= 0.3 is 5.82 Å². The zero-order valence-corrected chi connectivity index (χ0v) is 10.7. The van der Waals surface area contributed by atoms with E-state index in [9.17, 15) is 10.1 Å². The summed E-state index contributed by atoms with van der Waals surface area (Å²) < 4.78 is 1.60. The summed E-state index contributed by atoms with van der Waals surface area (Å²) in [6.07, 6.45) is 5.22. The summed E-state index contributed by atoms with van der Waals surface area (Å²) in [4.78, 5) is 26.5. The average molecular weight is 276 g/mol. The zero-order valence-electron chi connectivity index (χ0n) is 9.85. The highest BCUT2D eigenvalue weighted by atomic mass is 32.2. The minimum absolute atomic E-state index is 0.168. The van der Waals surface area contributed by atoms with Gasteiger partial charge in [0.1, 0.15) is 11.4 Å². The van der Waals surface area contributed by atoms with Gasteiger partial charge in [-0.1, -0.05) is 0 Å². The molecule has 0 unspecified atom stereocenters. The number of aliphatic imine (C=N–C) groups is 1. The lowest BCUT2D eigenvalue weighted by Crippen LogP contribution is -1.96. The van der Waals surface area contributed by atoms with Crippen LogP contribution in [0.5, 0.6) is 0 Å². The van der Waals surface area contributed by atoms with Crippen LogP contribution in [0.25, 0.3) is 0 Å². The lowest BCUT2D eigenvalue weighted by molar-refractivity contribution is -0.392. The smallest absolute Gasteiger partial charge is 0.358 e. The molecule has 96 valence electrons. The van der Waals surface area contributed by atoms with Gasteiger partial charge in [0.25, 0.3) is 0 Å². The third-order valence-electron chi connectivity index (χ3n) is 2.62. The van der Waals surface area contributed by atoms with E-state index in [1.165, 1.54) is 24.4 Å². The van der Waals surface area contributed by atoms with E-state index < -0.39 is 4.92 Å². The van der Waals surface area contributed by atoms with E-state index >= 15 is 0 Å². The Labute approximate surface area is 111 Å². The van der Waals surface area contributed by atoms with Gasteiger partial charge < -0.3 is 14.7 Å². The second kappa shape index (κ2) is 4.43. The van der Waals surface area contributed by atoms with Crippen LogP contribution in [0.2, 0.25) is 0 Å². The van der Waals surface area contributed by atoms with Gasteiger partial charge in [-0.2, -0.15) is 0 Å². The quantitative estimate of drug-likeness (QED) is 0.479. The van der Waals surface area contributed by atoms with Crippen LogP contribution in [0.1, 0.15) is 5.56 Å². The molecule has 2 aromatic rings. The Bertz CT molecular complexity index is 695. The molecule has 0 spiro atoms. The minimum Gasteiger partial charge on any atom is -0.358 e. The van der Waals surface area contributed by atoms with Crippen molar-refractivity contribution in [2.45, 2.75) is 16.5 Å². The Morgan fingerprint density at radius 3 is 3.05 bits per heavy atom. The molecule has 1 aliphatic heterocycles. The van der Waals surface area contributed by atoms with Crippen LogP contribution in [-0.4, -0.2) is 30.7 Å². The monoisotopic (exact) mass is 276 g/mol. The van der Waals surface area contributed by atoms with E-state index in [0.29, 0.717) is 22.3 Å². The molecule has 3 rings (SSSR count). The van der Waals surface area contributed by atoms with Crippen molar-refractivity contribution in [1.82, 2.24) is 19.5 Å². The highest BCUT2D eigenvalue weighted by molar-refractivity contribution is 7.99. The van der Waals surface area contributed by atoms with E-state index in [1.807, 2.05) is 0 Å². The van der Waals surface area contributed by atoms with Crippen molar-refractivity contribution in [2.75, 3.05) is 0 Å². The molecular formula is C10H8N6O2S. The lowest BCUT2D eigenvalue weighted by Gasteiger charge is -2.05. The first kappa shape index (κ1) is 11.8. The van der Waals surface area contributed by atoms with E-state index in [-0.39, 0.29) is 5.82 Å². The van der Waals surface area contributed by atoms with Gasteiger partial charge in [-0.15, -0.1) is 0 Å². The summed E-state index contributed by atoms with van der Waals surface area (Å²) in [5.41, 5.74) is 0.892. The average Bonchev–Trinajstić information content (AvgIpc) is 2.97. The molecule has 9 heteroatoms. The van der Waals surface area contributed by atoms with Gasteiger partial charge in [0.05, 0.1) is 0 Å². The van der Waals surface area contributed by atoms with E-state index in [2.05, 4.69) is 19.9 Å². The Morgan fingerprint density at radius 2 is 2.26 bits per heavy atom. The molecule has 8 nitrogen and oxygen atoms in total. The molecular weight excluding hydrogens is 268 g/mol. The zero-order chi connectivity index (χ0) is 13.4. The van der Waals surface area contributed by atoms with Crippen molar-refractivity contribution in [3.63, 3.8) is 0 Å². The molecule has 0 atom stereocenters. The van der Waals surface area contributed by atoms with Crippen molar-refractivity contribution >= 4 is 29.6 Å². The summed E-state index contributed by atoms with van der Waals surface area (Å²) in [5.74, 6) is 0.459. The van der Waals surface area contributed by atoms with Crippen molar-refractivity contribution in [1.29, 1.82) is 0 Å². The molecule has 0 N–H and O–H groups in total. The topological polar surface area (TPSA) is 99.1 Å². The normalized spacial score (nSPS) is 12.7. The number of fused-ring (bicyclic) bond motifs is 1. The van der Waals surface area contributed by atoms with E-state index in [1.54, 1.807) is 17.8 Å². The van der Waals surface area contributed by atoms with Gasteiger partial charge in [-0.3, -0.25) is 0 Å². The molecule has 0 saturated carbocycles. The number of aryl methyl sites for hydroxylation is 1. The highest BCUT2D eigenvalue weighted by Crippen LogP contribution is 2.37. The molecule has 1 aliphatic rings. The van der Waals surface area contributed by atoms with Crippen LogP contribution in [-0.2, 0) is 13.5 Å². The van der Waals surface area contributed by atoms with E-state index in [4.69, 9.17) is 0 Å². The third-order valence-corrected chi connectivity index (χ3v) is 3.83.